The highest BCUT2D eigenvalue weighted by Crippen LogP contribution is 2.36. The third kappa shape index (κ3) is 2.42. The second-order valence-electron chi connectivity index (χ2n) is 3.58. The number of benzene rings is 1. The molecule has 0 unspecified atom stereocenters. The zero-order valence-corrected chi connectivity index (χ0v) is 10.3. The number of rotatable bonds is 2. The van der Waals surface area contributed by atoms with Crippen LogP contribution in [0.1, 0.15) is 0 Å². The van der Waals surface area contributed by atoms with E-state index in [0.717, 1.165) is 0 Å². The lowest BCUT2D eigenvalue weighted by atomic mass is 10.2. The van der Waals surface area contributed by atoms with Crippen molar-refractivity contribution in [1.29, 1.82) is 10.5 Å². The molecule has 2 aromatic rings. The SMILES string of the molecule is N#CC(C#N)=CNc1cc(Cl)c2cccnc2c1O. The van der Waals surface area contributed by atoms with Gasteiger partial charge in [-0.3, -0.25) is 4.98 Å². The molecule has 92 valence electrons. The van der Waals surface area contributed by atoms with E-state index in [0.29, 0.717) is 15.9 Å². The van der Waals surface area contributed by atoms with Crippen LogP contribution in [0.4, 0.5) is 5.69 Å². The van der Waals surface area contributed by atoms with Gasteiger partial charge in [-0.15, -0.1) is 0 Å². The summed E-state index contributed by atoms with van der Waals surface area (Å²) in [4.78, 5) is 4.04. The van der Waals surface area contributed by atoms with E-state index in [1.165, 1.54) is 18.5 Å². The molecule has 2 rings (SSSR count). The largest absolute Gasteiger partial charge is 0.504 e. The number of phenols is 1. The van der Waals surface area contributed by atoms with Crippen LogP contribution in [-0.4, -0.2) is 10.1 Å². The first-order valence-corrected chi connectivity index (χ1v) is 5.58. The van der Waals surface area contributed by atoms with Gasteiger partial charge in [-0.25, -0.2) is 0 Å². The molecule has 0 amide bonds. The summed E-state index contributed by atoms with van der Waals surface area (Å²) < 4.78 is 0. The van der Waals surface area contributed by atoms with Crippen molar-refractivity contribution in [2.45, 2.75) is 0 Å². The number of phenolic OH excluding ortho intramolecular Hbond substituents is 1. The molecule has 6 heteroatoms. The standard InChI is InChI=1S/C13H7ClN4O/c14-10-4-11(18-7-8(5-15)6-16)13(19)12-9(10)2-1-3-17-12/h1-4,7,18-19H. The van der Waals surface area contributed by atoms with Gasteiger partial charge < -0.3 is 10.4 Å². The Hall–Kier alpha value is -2.76. The second kappa shape index (κ2) is 5.26. The number of aromatic nitrogens is 1. The van der Waals surface area contributed by atoms with Gasteiger partial charge in [0.05, 0.1) is 10.7 Å². The molecule has 1 aromatic carbocycles. The molecule has 1 aromatic heterocycles. The number of nitrogens with one attached hydrogen (secondary N) is 1. The zero-order chi connectivity index (χ0) is 13.8. The van der Waals surface area contributed by atoms with Crippen LogP contribution in [0.5, 0.6) is 5.75 Å². The number of fused-ring (bicyclic) bond motifs is 1. The zero-order valence-electron chi connectivity index (χ0n) is 9.55. The van der Waals surface area contributed by atoms with Crippen molar-refractivity contribution in [2.75, 3.05) is 5.32 Å². The minimum absolute atomic E-state index is 0.0912. The van der Waals surface area contributed by atoms with Crippen molar-refractivity contribution < 1.29 is 5.11 Å². The van der Waals surface area contributed by atoms with Crippen molar-refractivity contribution in [3.8, 4) is 17.9 Å². The normalized spacial score (nSPS) is 9.42. The Bertz CT molecular complexity index is 740. The molecule has 0 saturated carbocycles. The van der Waals surface area contributed by atoms with E-state index in [-0.39, 0.29) is 17.0 Å². The van der Waals surface area contributed by atoms with Gasteiger partial charge in [0.15, 0.2) is 5.75 Å². The van der Waals surface area contributed by atoms with Crippen LogP contribution in [0.25, 0.3) is 10.9 Å². The highest BCUT2D eigenvalue weighted by molar-refractivity contribution is 6.36. The number of halogens is 1. The topological polar surface area (TPSA) is 92.7 Å². The maximum Gasteiger partial charge on any atom is 0.165 e. The number of nitriles is 2. The Kier molecular flexibility index (Phi) is 3.51. The lowest BCUT2D eigenvalue weighted by Crippen LogP contribution is -1.92. The average molecular weight is 271 g/mol. The highest BCUT2D eigenvalue weighted by Gasteiger charge is 2.10. The summed E-state index contributed by atoms with van der Waals surface area (Å²) in [6.07, 6.45) is 2.73. The van der Waals surface area contributed by atoms with Crippen LogP contribution in [-0.2, 0) is 0 Å². The lowest BCUT2D eigenvalue weighted by Gasteiger charge is -2.08. The maximum absolute atomic E-state index is 10.1. The van der Waals surface area contributed by atoms with Crippen molar-refractivity contribution in [2.24, 2.45) is 0 Å². The minimum atomic E-state index is -0.114. The molecule has 1 heterocycles. The fraction of sp³-hybridized carbons (Fsp3) is 0. The lowest BCUT2D eigenvalue weighted by molar-refractivity contribution is 0.482. The second-order valence-corrected chi connectivity index (χ2v) is 3.99. The molecule has 0 atom stereocenters. The molecular weight excluding hydrogens is 264 g/mol. The van der Waals surface area contributed by atoms with Crippen molar-refractivity contribution in [1.82, 2.24) is 4.98 Å². The van der Waals surface area contributed by atoms with Gasteiger partial charge >= 0.3 is 0 Å². The number of nitrogens with zero attached hydrogens (tertiary/aromatic N) is 3. The molecule has 0 spiro atoms. The Balaban J connectivity index is 2.52. The molecule has 19 heavy (non-hydrogen) atoms. The predicted molar refractivity (Wildman–Crippen MR) is 71.3 cm³/mol. The summed E-state index contributed by atoms with van der Waals surface area (Å²) in [5.74, 6) is -0.0912. The summed E-state index contributed by atoms with van der Waals surface area (Å²) in [7, 11) is 0. The van der Waals surface area contributed by atoms with Crippen LogP contribution >= 0.6 is 11.6 Å². The van der Waals surface area contributed by atoms with Gasteiger partial charge in [0.25, 0.3) is 0 Å². The van der Waals surface area contributed by atoms with Gasteiger partial charge in [0.2, 0.25) is 0 Å². The van der Waals surface area contributed by atoms with Crippen LogP contribution in [0.15, 0.2) is 36.2 Å². The van der Waals surface area contributed by atoms with Crippen LogP contribution in [0.2, 0.25) is 5.02 Å². The van der Waals surface area contributed by atoms with E-state index in [1.54, 1.807) is 24.3 Å². The van der Waals surface area contributed by atoms with Gasteiger partial charge in [-0.1, -0.05) is 11.6 Å². The van der Waals surface area contributed by atoms with E-state index >= 15 is 0 Å². The maximum atomic E-state index is 10.1. The fourth-order valence-electron chi connectivity index (χ4n) is 1.54. The molecule has 5 nitrogen and oxygen atoms in total. The van der Waals surface area contributed by atoms with Gasteiger partial charge in [-0.2, -0.15) is 10.5 Å². The molecule has 0 bridgehead atoms. The number of hydrogen-bond donors (Lipinski definition) is 2. The monoisotopic (exact) mass is 270 g/mol. The minimum Gasteiger partial charge on any atom is -0.504 e. The summed E-state index contributed by atoms with van der Waals surface area (Å²) in [6.45, 7) is 0. The van der Waals surface area contributed by atoms with E-state index in [4.69, 9.17) is 22.1 Å². The van der Waals surface area contributed by atoms with Gasteiger partial charge in [0.1, 0.15) is 23.2 Å². The quantitative estimate of drug-likeness (QED) is 0.646. The number of hydrogen-bond acceptors (Lipinski definition) is 5. The molecular formula is C13H7ClN4O. The smallest absolute Gasteiger partial charge is 0.165 e. The molecule has 0 aliphatic carbocycles. The fourth-order valence-corrected chi connectivity index (χ4v) is 1.80. The van der Waals surface area contributed by atoms with Crippen molar-refractivity contribution in [3.05, 3.63) is 41.2 Å². The van der Waals surface area contributed by atoms with E-state index in [1.807, 2.05) is 0 Å². The molecule has 0 fully saturated rings. The van der Waals surface area contributed by atoms with Crippen molar-refractivity contribution in [3.63, 3.8) is 0 Å². The number of aromatic hydroxyl groups is 1. The molecule has 0 aliphatic rings. The van der Waals surface area contributed by atoms with Gasteiger partial charge in [0, 0.05) is 17.8 Å². The van der Waals surface area contributed by atoms with Gasteiger partial charge in [-0.05, 0) is 18.2 Å². The molecule has 0 radical (unpaired) electrons. The summed E-state index contributed by atoms with van der Waals surface area (Å²) >= 11 is 6.08. The van der Waals surface area contributed by atoms with Crippen LogP contribution in [0, 0.1) is 22.7 Å². The Morgan fingerprint density at radius 3 is 2.84 bits per heavy atom. The highest BCUT2D eigenvalue weighted by atomic mass is 35.5. The van der Waals surface area contributed by atoms with Crippen LogP contribution in [0.3, 0.4) is 0 Å². The first-order chi connectivity index (χ1) is 9.17. The Morgan fingerprint density at radius 2 is 2.16 bits per heavy atom. The Morgan fingerprint density at radius 1 is 1.42 bits per heavy atom. The molecule has 2 N–H and O–H groups in total. The third-order valence-corrected chi connectivity index (χ3v) is 2.74. The van der Waals surface area contributed by atoms with E-state index < -0.39 is 0 Å². The van der Waals surface area contributed by atoms with Crippen LogP contribution < -0.4 is 5.32 Å². The van der Waals surface area contributed by atoms with E-state index in [9.17, 15) is 5.11 Å². The number of allylic oxidation sites excluding steroid dienone is 1. The summed E-state index contributed by atoms with van der Waals surface area (Å²) in [5.41, 5.74) is 0.511. The summed E-state index contributed by atoms with van der Waals surface area (Å²) in [5, 5.41) is 31.0. The third-order valence-electron chi connectivity index (χ3n) is 2.43. The Labute approximate surface area is 114 Å². The molecule has 0 aliphatic heterocycles. The molecule has 0 saturated heterocycles. The average Bonchev–Trinajstić information content (AvgIpc) is 2.45. The first-order valence-electron chi connectivity index (χ1n) is 5.20. The number of anilines is 1. The summed E-state index contributed by atoms with van der Waals surface area (Å²) in [6, 6.07) is 8.35. The predicted octanol–water partition coefficient (Wildman–Crippen LogP) is 2.94. The first kappa shape index (κ1) is 12.7. The van der Waals surface area contributed by atoms with E-state index in [2.05, 4.69) is 10.3 Å². The van der Waals surface area contributed by atoms with Crippen molar-refractivity contribution >= 4 is 28.2 Å². The number of pyridine rings is 1.